The van der Waals surface area contributed by atoms with Gasteiger partial charge in [0.25, 0.3) is 0 Å². The maximum absolute atomic E-state index is 5.70. The Bertz CT molecular complexity index is 532. The van der Waals surface area contributed by atoms with Crippen molar-refractivity contribution in [1.29, 1.82) is 0 Å². The number of nitrogens with zero attached hydrogens (tertiary/aromatic N) is 1. The Hall–Kier alpha value is -1.00. The second-order valence-electron chi connectivity index (χ2n) is 4.14. The summed E-state index contributed by atoms with van der Waals surface area (Å²) in [6, 6.07) is 6.58. The molecule has 0 aliphatic carbocycles. The number of hydrogen-bond acceptors (Lipinski definition) is 4. The van der Waals surface area contributed by atoms with E-state index in [4.69, 9.17) is 5.73 Å². The van der Waals surface area contributed by atoms with E-state index in [9.17, 15) is 0 Å². The van der Waals surface area contributed by atoms with Crippen molar-refractivity contribution >= 4 is 28.2 Å². The van der Waals surface area contributed by atoms with Gasteiger partial charge in [0.2, 0.25) is 0 Å². The second kappa shape index (κ2) is 5.10. The molecule has 2 N–H and O–H groups in total. The van der Waals surface area contributed by atoms with Crippen LogP contribution in [0.15, 0.2) is 22.4 Å². The summed E-state index contributed by atoms with van der Waals surface area (Å²) in [6.45, 7) is 6.30. The predicted octanol–water partition coefficient (Wildman–Crippen LogP) is 3.94. The van der Waals surface area contributed by atoms with Crippen LogP contribution in [-0.4, -0.2) is 4.98 Å². The molecule has 0 aliphatic rings. The second-order valence-corrected chi connectivity index (χ2v) is 6.42. The zero-order chi connectivity index (χ0) is 12.4. The van der Waals surface area contributed by atoms with Crippen molar-refractivity contribution < 1.29 is 0 Å². The molecule has 0 aliphatic heterocycles. The monoisotopic (exact) mass is 264 g/mol. The lowest BCUT2D eigenvalue weighted by Crippen LogP contribution is -1.87. The van der Waals surface area contributed by atoms with Gasteiger partial charge in [0.1, 0.15) is 0 Å². The fraction of sp³-hybridized carbons (Fsp3) is 0.308. The minimum absolute atomic E-state index is 0.658. The van der Waals surface area contributed by atoms with Gasteiger partial charge in [-0.2, -0.15) is 0 Å². The molecule has 1 aromatic heterocycles. The number of thiazole rings is 1. The van der Waals surface area contributed by atoms with Crippen LogP contribution < -0.4 is 5.73 Å². The van der Waals surface area contributed by atoms with Crippen molar-refractivity contribution in [1.82, 2.24) is 4.98 Å². The fourth-order valence-corrected chi connectivity index (χ4v) is 3.72. The van der Waals surface area contributed by atoms with E-state index < -0.39 is 0 Å². The van der Waals surface area contributed by atoms with E-state index in [2.05, 4.69) is 37.0 Å². The predicted molar refractivity (Wildman–Crippen MR) is 76.7 cm³/mol. The van der Waals surface area contributed by atoms with Gasteiger partial charge in [-0.1, -0.05) is 35.1 Å². The average molecular weight is 264 g/mol. The van der Waals surface area contributed by atoms with Crippen molar-refractivity contribution in [2.24, 2.45) is 0 Å². The Balaban J connectivity index is 2.12. The summed E-state index contributed by atoms with van der Waals surface area (Å²) in [4.78, 5) is 4.24. The summed E-state index contributed by atoms with van der Waals surface area (Å²) in [5.41, 5.74) is 10.8. The first-order valence-electron chi connectivity index (χ1n) is 5.48. The summed E-state index contributed by atoms with van der Waals surface area (Å²) in [5, 5.41) is 0.658. The number of anilines is 1. The third-order valence-corrected chi connectivity index (χ3v) is 5.03. The maximum atomic E-state index is 5.70. The van der Waals surface area contributed by atoms with Crippen LogP contribution in [0.25, 0.3) is 0 Å². The average Bonchev–Trinajstić information content (AvgIpc) is 2.59. The molecule has 0 atom stereocenters. The number of aromatic nitrogens is 1. The van der Waals surface area contributed by atoms with E-state index >= 15 is 0 Å². The highest BCUT2D eigenvalue weighted by Crippen LogP contribution is 2.33. The molecule has 2 nitrogen and oxygen atoms in total. The first kappa shape index (κ1) is 12.5. The van der Waals surface area contributed by atoms with Crippen LogP contribution in [0, 0.1) is 20.8 Å². The first-order valence-corrected chi connectivity index (χ1v) is 7.28. The number of aryl methyl sites for hydroxylation is 3. The Kier molecular flexibility index (Phi) is 3.74. The topological polar surface area (TPSA) is 38.9 Å². The van der Waals surface area contributed by atoms with Crippen molar-refractivity contribution in [3.8, 4) is 0 Å². The third kappa shape index (κ3) is 3.01. The molecule has 0 fully saturated rings. The molecule has 1 heterocycles. The molecule has 0 unspecified atom stereocenters. The molecule has 0 spiro atoms. The molecule has 1 aromatic carbocycles. The summed E-state index contributed by atoms with van der Waals surface area (Å²) in [6.07, 6.45) is 0. The van der Waals surface area contributed by atoms with Crippen LogP contribution in [0.1, 0.15) is 22.4 Å². The normalized spacial score (nSPS) is 10.8. The van der Waals surface area contributed by atoms with Crippen LogP contribution in [0.2, 0.25) is 0 Å². The van der Waals surface area contributed by atoms with Crippen LogP contribution in [0.5, 0.6) is 0 Å². The van der Waals surface area contributed by atoms with Gasteiger partial charge in [0.15, 0.2) is 5.13 Å². The molecule has 90 valence electrons. The van der Waals surface area contributed by atoms with E-state index in [-0.39, 0.29) is 0 Å². The molecule has 0 amide bonds. The summed E-state index contributed by atoms with van der Waals surface area (Å²) < 4.78 is 1.23. The highest BCUT2D eigenvalue weighted by Gasteiger charge is 2.07. The van der Waals surface area contributed by atoms with Gasteiger partial charge in [-0.05, 0) is 31.9 Å². The van der Waals surface area contributed by atoms with E-state index in [0.717, 1.165) is 11.4 Å². The van der Waals surface area contributed by atoms with E-state index in [1.807, 2.05) is 18.7 Å². The zero-order valence-electron chi connectivity index (χ0n) is 10.3. The SMILES string of the molecule is Cc1ccc(C)c(CSc2sc(N)nc2C)c1. The van der Waals surface area contributed by atoms with Gasteiger partial charge in [0.05, 0.1) is 9.90 Å². The summed E-state index contributed by atoms with van der Waals surface area (Å²) in [5.74, 6) is 0.982. The molecular formula is C13H16N2S2. The van der Waals surface area contributed by atoms with Gasteiger partial charge >= 0.3 is 0 Å². The Labute approximate surface area is 110 Å². The van der Waals surface area contributed by atoms with Crippen LogP contribution in [0.3, 0.4) is 0 Å². The highest BCUT2D eigenvalue weighted by molar-refractivity contribution is 8.00. The van der Waals surface area contributed by atoms with Gasteiger partial charge in [-0.3, -0.25) is 0 Å². The Morgan fingerprint density at radius 1 is 1.29 bits per heavy atom. The van der Waals surface area contributed by atoms with Gasteiger partial charge in [0, 0.05) is 5.75 Å². The van der Waals surface area contributed by atoms with Crippen molar-refractivity contribution in [2.75, 3.05) is 5.73 Å². The fourth-order valence-electron chi connectivity index (χ4n) is 1.64. The third-order valence-electron chi connectivity index (χ3n) is 2.63. The highest BCUT2D eigenvalue weighted by atomic mass is 32.2. The van der Waals surface area contributed by atoms with Gasteiger partial charge < -0.3 is 5.73 Å². The van der Waals surface area contributed by atoms with Crippen molar-refractivity contribution in [3.05, 3.63) is 40.6 Å². The summed E-state index contributed by atoms with van der Waals surface area (Å²) in [7, 11) is 0. The maximum Gasteiger partial charge on any atom is 0.181 e. The van der Waals surface area contributed by atoms with Crippen LogP contribution in [-0.2, 0) is 5.75 Å². The minimum Gasteiger partial charge on any atom is -0.375 e. The van der Waals surface area contributed by atoms with Crippen molar-refractivity contribution in [2.45, 2.75) is 30.7 Å². The molecular weight excluding hydrogens is 248 g/mol. The zero-order valence-corrected chi connectivity index (χ0v) is 11.9. The molecule has 2 aromatic rings. The lowest BCUT2D eigenvalue weighted by molar-refractivity contribution is 1.21. The molecule has 17 heavy (non-hydrogen) atoms. The number of benzene rings is 1. The lowest BCUT2D eigenvalue weighted by atomic mass is 10.1. The van der Waals surface area contributed by atoms with Gasteiger partial charge in [-0.25, -0.2) is 4.98 Å². The Morgan fingerprint density at radius 3 is 2.71 bits per heavy atom. The van der Waals surface area contributed by atoms with Crippen molar-refractivity contribution in [3.63, 3.8) is 0 Å². The number of hydrogen-bond donors (Lipinski definition) is 1. The largest absolute Gasteiger partial charge is 0.375 e. The molecule has 2 rings (SSSR count). The number of nitrogens with two attached hydrogens (primary N) is 1. The molecule has 0 saturated heterocycles. The van der Waals surface area contributed by atoms with Crippen LogP contribution in [0.4, 0.5) is 5.13 Å². The standard InChI is InChI=1S/C13H16N2S2/c1-8-4-5-9(2)11(6-8)7-16-12-10(3)15-13(14)17-12/h4-6H,7H2,1-3H3,(H2,14,15). The smallest absolute Gasteiger partial charge is 0.181 e. The van der Waals surface area contributed by atoms with Crippen LogP contribution >= 0.6 is 23.1 Å². The molecule has 0 radical (unpaired) electrons. The number of rotatable bonds is 3. The molecule has 4 heteroatoms. The quantitative estimate of drug-likeness (QED) is 0.853. The van der Waals surface area contributed by atoms with E-state index in [0.29, 0.717) is 5.13 Å². The van der Waals surface area contributed by atoms with E-state index in [1.54, 1.807) is 11.3 Å². The number of thioether (sulfide) groups is 1. The first-order chi connectivity index (χ1) is 8.06. The minimum atomic E-state index is 0.658. The lowest BCUT2D eigenvalue weighted by Gasteiger charge is -2.06. The molecule has 0 bridgehead atoms. The van der Waals surface area contributed by atoms with Gasteiger partial charge in [-0.15, -0.1) is 11.8 Å². The Morgan fingerprint density at radius 2 is 2.06 bits per heavy atom. The molecule has 0 saturated carbocycles. The van der Waals surface area contributed by atoms with E-state index in [1.165, 1.54) is 20.9 Å². The number of nitrogen functional groups attached to an aromatic ring is 1. The summed E-state index contributed by atoms with van der Waals surface area (Å²) >= 11 is 3.39.